The summed E-state index contributed by atoms with van der Waals surface area (Å²) in [6.07, 6.45) is 1.86. The van der Waals surface area contributed by atoms with Gasteiger partial charge in [-0.2, -0.15) is 0 Å². The number of hydrogen-bond acceptors (Lipinski definition) is 11. The predicted octanol–water partition coefficient (Wildman–Crippen LogP) is 5.30. The fourth-order valence-electron chi connectivity index (χ4n) is 4.65. The van der Waals surface area contributed by atoms with Gasteiger partial charge in [-0.05, 0) is 34.4 Å². The van der Waals surface area contributed by atoms with Crippen LogP contribution in [0.15, 0.2) is 72.8 Å². The standard InChI is InChI=1S/C30H30ClN7O6/c1-2-3-12-27-32-28(31)25(18-39)36(27)17-20-13-15-21(16-14-20)23-9-5-6-10-24(23)29-33-35-37(34-29)30(40)44-26-11-7-4-8-22(26)19-43-38(41)42/h4-11,13-16,39,41-42H,2-3,12,17-19H2,1H3. The van der Waals surface area contributed by atoms with Crippen molar-refractivity contribution >= 4 is 17.7 Å². The van der Waals surface area contributed by atoms with Crippen LogP contribution in [0.3, 0.4) is 0 Å². The number of rotatable bonds is 12. The van der Waals surface area contributed by atoms with Crippen molar-refractivity contribution in [3.8, 4) is 28.3 Å². The Kier molecular flexibility index (Phi) is 10.1. The molecule has 0 saturated carbocycles. The first-order chi connectivity index (χ1) is 21.4. The second kappa shape index (κ2) is 14.3. The number of para-hydroxylation sites is 1. The molecule has 0 spiro atoms. The van der Waals surface area contributed by atoms with Crippen molar-refractivity contribution in [1.82, 2.24) is 35.1 Å². The molecule has 3 aromatic carbocycles. The molecule has 0 atom stereocenters. The molecule has 0 aliphatic rings. The highest BCUT2D eigenvalue weighted by atomic mass is 35.5. The van der Waals surface area contributed by atoms with E-state index in [1.807, 2.05) is 53.1 Å². The number of ether oxygens (including phenoxy) is 1. The third kappa shape index (κ3) is 7.17. The molecule has 0 saturated heterocycles. The van der Waals surface area contributed by atoms with Crippen LogP contribution in [0.5, 0.6) is 5.75 Å². The monoisotopic (exact) mass is 619 g/mol. The van der Waals surface area contributed by atoms with Gasteiger partial charge in [0, 0.05) is 24.1 Å². The molecule has 13 nitrogen and oxygen atoms in total. The number of imidazole rings is 1. The van der Waals surface area contributed by atoms with E-state index in [-0.39, 0.29) is 24.8 Å². The van der Waals surface area contributed by atoms with Crippen LogP contribution >= 0.6 is 11.6 Å². The maximum atomic E-state index is 12.8. The van der Waals surface area contributed by atoms with E-state index in [4.69, 9.17) is 26.8 Å². The second-order valence-electron chi connectivity index (χ2n) is 9.76. The summed E-state index contributed by atoms with van der Waals surface area (Å²) in [5.74, 6) is 1.19. The van der Waals surface area contributed by atoms with Crippen molar-refractivity contribution in [2.45, 2.75) is 45.9 Å². The maximum Gasteiger partial charge on any atom is 0.459 e. The summed E-state index contributed by atoms with van der Waals surface area (Å²) in [7, 11) is 0. The van der Waals surface area contributed by atoms with Crippen molar-refractivity contribution in [1.29, 1.82) is 0 Å². The van der Waals surface area contributed by atoms with Gasteiger partial charge < -0.3 is 14.4 Å². The second-order valence-corrected chi connectivity index (χ2v) is 10.1. The number of aromatic nitrogens is 6. The average Bonchev–Trinajstić information content (AvgIpc) is 3.64. The minimum atomic E-state index is -0.914. The molecule has 0 fully saturated rings. The molecular weight excluding hydrogens is 590 g/mol. The summed E-state index contributed by atoms with van der Waals surface area (Å²) in [5.41, 5.74) is 4.37. The highest BCUT2D eigenvalue weighted by Crippen LogP contribution is 2.30. The smallest absolute Gasteiger partial charge is 0.407 e. The van der Waals surface area contributed by atoms with E-state index >= 15 is 0 Å². The lowest BCUT2D eigenvalue weighted by Crippen LogP contribution is -2.21. The Balaban J connectivity index is 1.34. The number of aryl methyl sites for hydroxylation is 1. The molecule has 5 rings (SSSR count). The molecule has 3 N–H and O–H groups in total. The van der Waals surface area contributed by atoms with Crippen molar-refractivity contribution in [3.05, 3.63) is 101 Å². The Bertz CT molecular complexity index is 1720. The molecular formula is C30H30ClN7O6. The molecule has 5 aromatic rings. The molecule has 44 heavy (non-hydrogen) atoms. The number of carbonyl (C=O) groups is 1. The van der Waals surface area contributed by atoms with Gasteiger partial charge in [0.2, 0.25) is 5.82 Å². The van der Waals surface area contributed by atoms with Gasteiger partial charge >= 0.3 is 6.09 Å². The van der Waals surface area contributed by atoms with Gasteiger partial charge in [-0.15, -0.1) is 10.2 Å². The number of unbranched alkanes of at least 4 members (excludes halogenated alkanes) is 1. The van der Waals surface area contributed by atoms with E-state index in [2.05, 4.69) is 32.2 Å². The number of tetrazole rings is 1. The van der Waals surface area contributed by atoms with E-state index in [9.17, 15) is 9.90 Å². The molecule has 0 unspecified atom stereocenters. The Morgan fingerprint density at radius 3 is 2.45 bits per heavy atom. The van der Waals surface area contributed by atoms with Crippen LogP contribution in [0, 0.1) is 0 Å². The fourth-order valence-corrected chi connectivity index (χ4v) is 4.91. The van der Waals surface area contributed by atoms with Crippen LogP contribution < -0.4 is 4.74 Å². The van der Waals surface area contributed by atoms with Crippen LogP contribution in [0.4, 0.5) is 4.79 Å². The SMILES string of the molecule is CCCCc1nc(Cl)c(CO)n1Cc1ccc(-c2ccccc2-c2nnn(C(=O)Oc3ccccc3CON(O)O)n2)cc1. The third-order valence-electron chi connectivity index (χ3n) is 6.86. The number of halogens is 1. The lowest BCUT2D eigenvalue weighted by Gasteiger charge is -2.12. The zero-order valence-electron chi connectivity index (χ0n) is 23.7. The Labute approximate surface area is 257 Å². The van der Waals surface area contributed by atoms with Gasteiger partial charge in [0.05, 0.1) is 17.7 Å². The van der Waals surface area contributed by atoms with Gasteiger partial charge in [0.15, 0.2) is 5.15 Å². The average molecular weight is 620 g/mol. The van der Waals surface area contributed by atoms with Gasteiger partial charge in [-0.1, -0.05) is 96.5 Å². The lowest BCUT2D eigenvalue weighted by atomic mass is 9.98. The molecule has 14 heteroatoms. The lowest BCUT2D eigenvalue weighted by molar-refractivity contribution is -0.497. The molecule has 0 aliphatic heterocycles. The van der Waals surface area contributed by atoms with Crippen molar-refractivity contribution in [2.24, 2.45) is 0 Å². The number of benzene rings is 3. The Morgan fingerprint density at radius 1 is 1.00 bits per heavy atom. The summed E-state index contributed by atoms with van der Waals surface area (Å²) < 4.78 is 7.38. The van der Waals surface area contributed by atoms with E-state index in [1.54, 1.807) is 18.2 Å². The van der Waals surface area contributed by atoms with Crippen LogP contribution in [-0.2, 0) is 31.0 Å². The quantitative estimate of drug-likeness (QED) is 0.155. The third-order valence-corrected chi connectivity index (χ3v) is 7.17. The van der Waals surface area contributed by atoms with Crippen molar-refractivity contribution in [2.75, 3.05) is 0 Å². The first-order valence-corrected chi connectivity index (χ1v) is 14.2. The van der Waals surface area contributed by atoms with Gasteiger partial charge in [0.25, 0.3) is 0 Å². The zero-order chi connectivity index (χ0) is 31.1. The summed E-state index contributed by atoms with van der Waals surface area (Å²) in [6, 6.07) is 21.9. The number of nitrogens with zero attached hydrogens (tertiary/aromatic N) is 7. The number of hydrogen-bond donors (Lipinski definition) is 3. The predicted molar refractivity (Wildman–Crippen MR) is 158 cm³/mol. The van der Waals surface area contributed by atoms with E-state index in [1.165, 1.54) is 6.07 Å². The Morgan fingerprint density at radius 2 is 1.73 bits per heavy atom. The fraction of sp³-hybridized carbons (Fsp3) is 0.233. The van der Waals surface area contributed by atoms with Crippen LogP contribution in [0.2, 0.25) is 5.15 Å². The van der Waals surface area contributed by atoms with E-state index in [0.29, 0.717) is 28.5 Å². The number of carbonyl (C=O) groups excluding carboxylic acids is 1. The minimum absolute atomic E-state index is 0.125. The van der Waals surface area contributed by atoms with Gasteiger partial charge in [-0.3, -0.25) is 10.4 Å². The first-order valence-electron chi connectivity index (χ1n) is 13.8. The molecule has 0 amide bonds. The van der Waals surface area contributed by atoms with Crippen LogP contribution in [0.25, 0.3) is 22.5 Å². The van der Waals surface area contributed by atoms with Crippen LogP contribution in [-0.4, -0.2) is 56.8 Å². The Hall–Kier alpha value is -4.50. The zero-order valence-corrected chi connectivity index (χ0v) is 24.5. The summed E-state index contributed by atoms with van der Waals surface area (Å²) in [5, 5.41) is 39.6. The normalized spacial score (nSPS) is 11.3. The van der Waals surface area contributed by atoms with Crippen molar-refractivity contribution in [3.63, 3.8) is 0 Å². The topological polar surface area (TPSA) is 161 Å². The molecule has 2 aromatic heterocycles. The van der Waals surface area contributed by atoms with Gasteiger partial charge in [-0.25, -0.2) is 14.6 Å². The van der Waals surface area contributed by atoms with Gasteiger partial charge in [0.1, 0.15) is 18.2 Å². The molecule has 0 aliphatic carbocycles. The molecule has 0 bridgehead atoms. The molecule has 0 radical (unpaired) electrons. The summed E-state index contributed by atoms with van der Waals surface area (Å²) >= 11 is 6.31. The molecule has 228 valence electrons. The number of aliphatic hydroxyl groups excluding tert-OH is 1. The first kappa shape index (κ1) is 30.9. The maximum absolute atomic E-state index is 12.8. The minimum Gasteiger partial charge on any atom is -0.407 e. The summed E-state index contributed by atoms with van der Waals surface area (Å²) in [6.45, 7) is 2.17. The highest BCUT2D eigenvalue weighted by molar-refractivity contribution is 6.30. The molecule has 2 heterocycles. The number of aliphatic hydroxyl groups is 1. The van der Waals surface area contributed by atoms with Crippen molar-refractivity contribution < 1.29 is 29.9 Å². The van der Waals surface area contributed by atoms with E-state index < -0.39 is 11.5 Å². The summed E-state index contributed by atoms with van der Waals surface area (Å²) in [4.78, 5) is 22.6. The van der Waals surface area contributed by atoms with E-state index in [0.717, 1.165) is 46.6 Å². The van der Waals surface area contributed by atoms with Crippen LogP contribution in [0.1, 0.15) is 42.4 Å². The highest BCUT2D eigenvalue weighted by Gasteiger charge is 2.19. The largest absolute Gasteiger partial charge is 0.459 e.